The van der Waals surface area contributed by atoms with Gasteiger partial charge in [0.25, 0.3) is 5.91 Å². The molecule has 0 bridgehead atoms. The number of nitrogens with zero attached hydrogens (tertiary/aromatic N) is 3. The third-order valence-corrected chi connectivity index (χ3v) is 6.20. The molecular formula is C28H28N4O2. The number of fused-ring (bicyclic) bond motifs is 1. The van der Waals surface area contributed by atoms with Crippen molar-refractivity contribution in [3.8, 4) is 17.0 Å². The average Bonchev–Trinajstić information content (AvgIpc) is 2.90. The molecule has 1 amide bonds. The Morgan fingerprint density at radius 1 is 0.882 bits per heavy atom. The summed E-state index contributed by atoms with van der Waals surface area (Å²) in [5.74, 6) is 1.45. The molecule has 3 aromatic carbocycles. The summed E-state index contributed by atoms with van der Waals surface area (Å²) in [6.07, 6.45) is 3.36. The molecule has 0 spiro atoms. The summed E-state index contributed by atoms with van der Waals surface area (Å²) in [5, 5.41) is 14.4. The van der Waals surface area contributed by atoms with Crippen LogP contribution in [0.1, 0.15) is 24.8 Å². The Morgan fingerprint density at radius 2 is 1.59 bits per heavy atom. The molecule has 0 unspecified atom stereocenters. The van der Waals surface area contributed by atoms with E-state index < -0.39 is 0 Å². The summed E-state index contributed by atoms with van der Waals surface area (Å²) < 4.78 is 5.76. The third kappa shape index (κ3) is 4.86. The number of carbonyl (C=O) groups is 1. The summed E-state index contributed by atoms with van der Waals surface area (Å²) in [7, 11) is 0. The molecule has 1 saturated heterocycles. The van der Waals surface area contributed by atoms with Crippen molar-refractivity contribution in [2.45, 2.75) is 26.2 Å². The summed E-state index contributed by atoms with van der Waals surface area (Å²) in [4.78, 5) is 14.3. The Kier molecular flexibility index (Phi) is 6.38. The van der Waals surface area contributed by atoms with Crippen LogP contribution in [-0.4, -0.2) is 40.7 Å². The molecule has 34 heavy (non-hydrogen) atoms. The zero-order valence-electron chi connectivity index (χ0n) is 19.3. The van der Waals surface area contributed by atoms with E-state index in [2.05, 4.69) is 40.6 Å². The molecule has 1 aliphatic heterocycles. The van der Waals surface area contributed by atoms with Crippen LogP contribution in [0.4, 0.5) is 11.5 Å². The van der Waals surface area contributed by atoms with Crippen molar-refractivity contribution in [1.29, 1.82) is 0 Å². The molecule has 1 fully saturated rings. The highest BCUT2D eigenvalue weighted by molar-refractivity contribution is 6.00. The largest absolute Gasteiger partial charge is 0.484 e. The molecule has 2 heterocycles. The van der Waals surface area contributed by atoms with Crippen molar-refractivity contribution in [3.63, 3.8) is 0 Å². The van der Waals surface area contributed by atoms with Crippen LogP contribution >= 0.6 is 0 Å². The van der Waals surface area contributed by atoms with Crippen molar-refractivity contribution in [3.05, 3.63) is 78.4 Å². The maximum atomic E-state index is 12.4. The number of anilines is 2. The van der Waals surface area contributed by atoms with E-state index in [1.54, 1.807) is 0 Å². The fraction of sp³-hybridized carbons (Fsp3) is 0.250. The van der Waals surface area contributed by atoms with E-state index >= 15 is 0 Å². The zero-order chi connectivity index (χ0) is 23.3. The predicted octanol–water partition coefficient (Wildman–Crippen LogP) is 5.74. The Labute approximate surface area is 199 Å². The number of aromatic nitrogens is 2. The van der Waals surface area contributed by atoms with Gasteiger partial charge in [0.1, 0.15) is 11.4 Å². The number of hydrogen-bond acceptors (Lipinski definition) is 5. The number of likely N-dealkylation sites (tertiary alicyclic amines) is 1. The molecule has 0 atom stereocenters. The number of aryl methyl sites for hydroxylation is 1. The van der Waals surface area contributed by atoms with Gasteiger partial charge in [-0.2, -0.15) is 0 Å². The Morgan fingerprint density at radius 3 is 2.32 bits per heavy atom. The number of carbonyl (C=O) groups excluding carboxylic acids is 1. The molecule has 5 rings (SSSR count). The van der Waals surface area contributed by atoms with Gasteiger partial charge in [-0.05, 0) is 62.6 Å². The molecule has 1 N–H and O–H groups in total. The first-order valence-corrected chi connectivity index (χ1v) is 11.8. The van der Waals surface area contributed by atoms with Crippen molar-refractivity contribution < 1.29 is 9.53 Å². The fourth-order valence-corrected chi connectivity index (χ4v) is 4.27. The monoisotopic (exact) mass is 452 g/mol. The summed E-state index contributed by atoms with van der Waals surface area (Å²) in [5.41, 5.74) is 3.93. The van der Waals surface area contributed by atoms with E-state index in [0.29, 0.717) is 5.75 Å². The summed E-state index contributed by atoms with van der Waals surface area (Å²) in [6, 6.07) is 24.0. The van der Waals surface area contributed by atoms with Crippen LogP contribution in [0.2, 0.25) is 0 Å². The first-order valence-electron chi connectivity index (χ1n) is 11.8. The Hall–Kier alpha value is -3.93. The van der Waals surface area contributed by atoms with Gasteiger partial charge in [-0.1, -0.05) is 42.0 Å². The van der Waals surface area contributed by atoms with Gasteiger partial charge in [-0.15, -0.1) is 10.2 Å². The highest BCUT2D eigenvalue weighted by atomic mass is 16.5. The van der Waals surface area contributed by atoms with Crippen molar-refractivity contribution in [2.24, 2.45) is 0 Å². The molecule has 0 aliphatic carbocycles. The topological polar surface area (TPSA) is 67.4 Å². The van der Waals surface area contributed by atoms with Gasteiger partial charge in [0.15, 0.2) is 12.4 Å². The minimum absolute atomic E-state index is 0.0531. The van der Waals surface area contributed by atoms with Gasteiger partial charge in [0, 0.05) is 35.1 Å². The molecule has 0 saturated carbocycles. The number of hydrogen-bond donors (Lipinski definition) is 1. The number of nitrogens with one attached hydrogen (secondary N) is 1. The lowest BCUT2D eigenvalue weighted by Crippen LogP contribution is -2.38. The van der Waals surface area contributed by atoms with Gasteiger partial charge < -0.3 is 15.0 Å². The van der Waals surface area contributed by atoms with E-state index in [1.165, 1.54) is 12.0 Å². The van der Waals surface area contributed by atoms with E-state index in [1.807, 2.05) is 59.5 Å². The van der Waals surface area contributed by atoms with Gasteiger partial charge >= 0.3 is 0 Å². The average molecular weight is 453 g/mol. The third-order valence-electron chi connectivity index (χ3n) is 6.20. The highest BCUT2D eigenvalue weighted by Gasteiger charge is 2.17. The smallest absolute Gasteiger partial charge is 0.260 e. The van der Waals surface area contributed by atoms with E-state index in [9.17, 15) is 4.79 Å². The van der Waals surface area contributed by atoms with Crippen LogP contribution in [-0.2, 0) is 4.79 Å². The first kappa shape index (κ1) is 21.9. The van der Waals surface area contributed by atoms with Crippen LogP contribution in [0.3, 0.4) is 0 Å². The Bertz CT molecular complexity index is 1280. The van der Waals surface area contributed by atoms with E-state index in [0.717, 1.165) is 59.5 Å². The lowest BCUT2D eigenvalue weighted by Gasteiger charge is -2.26. The second-order valence-corrected chi connectivity index (χ2v) is 8.69. The van der Waals surface area contributed by atoms with Crippen LogP contribution in [0.15, 0.2) is 72.8 Å². The molecule has 6 heteroatoms. The first-order chi connectivity index (χ1) is 16.7. The lowest BCUT2D eigenvalue weighted by molar-refractivity contribution is -0.134. The number of rotatable bonds is 6. The fourth-order valence-electron chi connectivity index (χ4n) is 4.27. The van der Waals surface area contributed by atoms with Gasteiger partial charge in [-0.3, -0.25) is 4.79 Å². The normalized spacial score (nSPS) is 13.6. The lowest BCUT2D eigenvalue weighted by atomic mass is 10.0. The van der Waals surface area contributed by atoms with Crippen molar-refractivity contribution >= 4 is 28.2 Å². The molecule has 4 aromatic rings. The maximum Gasteiger partial charge on any atom is 0.260 e. The number of benzene rings is 3. The molecule has 1 aliphatic rings. The van der Waals surface area contributed by atoms with Crippen LogP contribution in [0.25, 0.3) is 22.0 Å². The van der Waals surface area contributed by atoms with Gasteiger partial charge in [-0.25, -0.2) is 0 Å². The summed E-state index contributed by atoms with van der Waals surface area (Å²) >= 11 is 0. The van der Waals surface area contributed by atoms with Crippen molar-refractivity contribution in [1.82, 2.24) is 15.1 Å². The standard InChI is InChI=1S/C28H28N4O2/c1-20-9-13-22(14-10-20)29-28-25-8-4-3-7-24(25)27(30-31-28)21-11-15-23(16-12-21)34-19-26(33)32-17-5-2-6-18-32/h3-4,7-16H,2,5-6,17-19H2,1H3,(H,29,31). The number of piperidine rings is 1. The van der Waals surface area contributed by atoms with Gasteiger partial charge in [0.2, 0.25) is 0 Å². The Balaban J connectivity index is 1.33. The minimum Gasteiger partial charge on any atom is -0.484 e. The van der Waals surface area contributed by atoms with Crippen LogP contribution in [0, 0.1) is 6.92 Å². The van der Waals surface area contributed by atoms with E-state index in [-0.39, 0.29) is 12.5 Å². The second kappa shape index (κ2) is 9.91. The van der Waals surface area contributed by atoms with E-state index in [4.69, 9.17) is 4.74 Å². The highest BCUT2D eigenvalue weighted by Crippen LogP contribution is 2.31. The molecule has 6 nitrogen and oxygen atoms in total. The number of amides is 1. The van der Waals surface area contributed by atoms with Gasteiger partial charge in [0.05, 0.1) is 0 Å². The second-order valence-electron chi connectivity index (χ2n) is 8.69. The summed E-state index contributed by atoms with van der Waals surface area (Å²) in [6.45, 7) is 3.81. The van der Waals surface area contributed by atoms with Crippen LogP contribution in [0.5, 0.6) is 5.75 Å². The quantitative estimate of drug-likeness (QED) is 0.404. The predicted molar refractivity (Wildman–Crippen MR) is 135 cm³/mol. The van der Waals surface area contributed by atoms with Crippen molar-refractivity contribution in [2.75, 3.05) is 25.0 Å². The molecule has 0 radical (unpaired) electrons. The molecule has 172 valence electrons. The number of ether oxygens (including phenoxy) is 1. The van der Waals surface area contributed by atoms with Crippen LogP contribution < -0.4 is 10.1 Å². The molecular weight excluding hydrogens is 424 g/mol. The minimum atomic E-state index is 0.0531. The maximum absolute atomic E-state index is 12.4. The molecule has 1 aromatic heterocycles. The zero-order valence-corrected chi connectivity index (χ0v) is 19.3. The SMILES string of the molecule is Cc1ccc(Nc2nnc(-c3ccc(OCC(=O)N4CCCCC4)cc3)c3ccccc23)cc1.